The lowest BCUT2D eigenvalue weighted by Gasteiger charge is -2.45. The maximum absolute atomic E-state index is 13.7. The van der Waals surface area contributed by atoms with E-state index in [2.05, 4.69) is 50.7 Å². The molecule has 1 fully saturated rings. The van der Waals surface area contributed by atoms with Gasteiger partial charge in [-0.15, -0.1) is 5.10 Å². The van der Waals surface area contributed by atoms with Gasteiger partial charge in [0, 0.05) is 18.5 Å². The summed E-state index contributed by atoms with van der Waals surface area (Å²) in [7, 11) is 0. The van der Waals surface area contributed by atoms with E-state index in [9.17, 15) is 14.0 Å². The molecule has 202 valence electrons. The van der Waals surface area contributed by atoms with Gasteiger partial charge in [-0.2, -0.15) is 0 Å². The van der Waals surface area contributed by atoms with Crippen molar-refractivity contribution >= 4 is 45.2 Å². The molecule has 0 aliphatic carbocycles. The molecule has 38 heavy (non-hydrogen) atoms. The number of rotatable bonds is 7. The van der Waals surface area contributed by atoms with E-state index in [1.165, 1.54) is 6.07 Å². The van der Waals surface area contributed by atoms with Gasteiger partial charge in [-0.05, 0) is 78.4 Å². The van der Waals surface area contributed by atoms with Crippen LogP contribution in [-0.4, -0.2) is 43.9 Å². The molecule has 11 heteroatoms. The Bertz CT molecular complexity index is 1320. The predicted octanol–water partition coefficient (Wildman–Crippen LogP) is 6.29. The SMILES string of the molecule is CC(CC(=O)N1CC(n2cc(CNC(=O)Nc3ccccc3Cl)nn2)CCC1(C)C)c1ccc(F)c(Br)c1. The molecule has 2 N–H and O–H groups in total. The van der Waals surface area contributed by atoms with Crippen LogP contribution in [0.15, 0.2) is 53.1 Å². The second kappa shape index (κ2) is 11.8. The third-order valence-corrected chi connectivity index (χ3v) is 7.93. The van der Waals surface area contributed by atoms with Crippen molar-refractivity contribution in [1.82, 2.24) is 25.2 Å². The van der Waals surface area contributed by atoms with Gasteiger partial charge in [0.1, 0.15) is 11.5 Å². The largest absolute Gasteiger partial charge is 0.335 e. The van der Waals surface area contributed by atoms with Crippen molar-refractivity contribution in [1.29, 1.82) is 0 Å². The molecule has 3 amide bonds. The average molecular weight is 606 g/mol. The number of urea groups is 1. The van der Waals surface area contributed by atoms with E-state index in [1.807, 2.05) is 11.8 Å². The lowest BCUT2D eigenvalue weighted by Crippen LogP contribution is -2.53. The average Bonchev–Trinajstić information content (AvgIpc) is 3.34. The second-order valence-corrected chi connectivity index (χ2v) is 11.5. The minimum Gasteiger partial charge on any atom is -0.335 e. The van der Waals surface area contributed by atoms with Gasteiger partial charge in [0.25, 0.3) is 0 Å². The Kier molecular flexibility index (Phi) is 8.72. The molecule has 1 aromatic heterocycles. The summed E-state index contributed by atoms with van der Waals surface area (Å²) in [5.74, 6) is -0.335. The first-order valence-electron chi connectivity index (χ1n) is 12.5. The van der Waals surface area contributed by atoms with Crippen LogP contribution >= 0.6 is 27.5 Å². The van der Waals surface area contributed by atoms with Crippen LogP contribution in [0.2, 0.25) is 5.02 Å². The molecule has 4 rings (SSSR count). The second-order valence-electron chi connectivity index (χ2n) is 10.3. The molecular weight excluding hydrogens is 575 g/mol. The lowest BCUT2D eigenvalue weighted by atomic mass is 9.86. The number of nitrogens with zero attached hydrogens (tertiary/aromatic N) is 4. The van der Waals surface area contributed by atoms with E-state index >= 15 is 0 Å². The Morgan fingerprint density at radius 2 is 2.03 bits per heavy atom. The first-order valence-corrected chi connectivity index (χ1v) is 13.7. The molecule has 1 aliphatic heterocycles. The highest BCUT2D eigenvalue weighted by Crippen LogP contribution is 2.35. The zero-order chi connectivity index (χ0) is 27.4. The smallest absolute Gasteiger partial charge is 0.319 e. The van der Waals surface area contributed by atoms with Crippen LogP contribution in [0, 0.1) is 5.82 Å². The van der Waals surface area contributed by atoms with E-state index in [0.29, 0.717) is 33.8 Å². The fourth-order valence-electron chi connectivity index (χ4n) is 4.64. The van der Waals surface area contributed by atoms with Gasteiger partial charge in [-0.25, -0.2) is 13.9 Å². The van der Waals surface area contributed by atoms with Crippen molar-refractivity contribution in [3.63, 3.8) is 0 Å². The first kappa shape index (κ1) is 28.0. The summed E-state index contributed by atoms with van der Waals surface area (Å²) in [4.78, 5) is 27.6. The highest BCUT2D eigenvalue weighted by Gasteiger charge is 2.38. The van der Waals surface area contributed by atoms with Crippen LogP contribution in [-0.2, 0) is 11.3 Å². The maximum atomic E-state index is 13.7. The number of amides is 3. The Hall–Kier alpha value is -2.98. The van der Waals surface area contributed by atoms with Crippen molar-refractivity contribution in [3.8, 4) is 0 Å². The van der Waals surface area contributed by atoms with Crippen molar-refractivity contribution in [3.05, 3.63) is 75.2 Å². The number of hydrogen-bond acceptors (Lipinski definition) is 4. The Balaban J connectivity index is 1.36. The van der Waals surface area contributed by atoms with Crippen molar-refractivity contribution < 1.29 is 14.0 Å². The monoisotopic (exact) mass is 604 g/mol. The van der Waals surface area contributed by atoms with Gasteiger partial charge in [0.2, 0.25) is 5.91 Å². The highest BCUT2D eigenvalue weighted by atomic mass is 79.9. The van der Waals surface area contributed by atoms with Crippen LogP contribution in [0.25, 0.3) is 0 Å². The third kappa shape index (κ3) is 6.71. The van der Waals surface area contributed by atoms with Gasteiger partial charge in [0.05, 0.1) is 34.0 Å². The van der Waals surface area contributed by atoms with Crippen molar-refractivity contribution in [2.24, 2.45) is 0 Å². The molecule has 0 bridgehead atoms. The van der Waals surface area contributed by atoms with Crippen molar-refractivity contribution in [2.45, 2.75) is 64.1 Å². The lowest BCUT2D eigenvalue weighted by molar-refractivity contribution is -0.140. The molecular formula is C27H31BrClFN6O2. The van der Waals surface area contributed by atoms with E-state index in [4.69, 9.17) is 11.6 Å². The van der Waals surface area contributed by atoms with Crippen LogP contribution in [0.1, 0.15) is 63.3 Å². The van der Waals surface area contributed by atoms with Crippen molar-refractivity contribution in [2.75, 3.05) is 11.9 Å². The number of aromatic nitrogens is 3. The number of para-hydroxylation sites is 1. The molecule has 0 radical (unpaired) electrons. The molecule has 2 unspecified atom stereocenters. The number of likely N-dealkylation sites (tertiary alicyclic amines) is 1. The van der Waals surface area contributed by atoms with E-state index in [-0.39, 0.29) is 35.8 Å². The maximum Gasteiger partial charge on any atom is 0.319 e. The number of carbonyl (C=O) groups is 2. The molecule has 0 saturated carbocycles. The Labute approximate surface area is 235 Å². The predicted molar refractivity (Wildman–Crippen MR) is 149 cm³/mol. The minimum atomic E-state index is -0.397. The van der Waals surface area contributed by atoms with Gasteiger partial charge in [-0.3, -0.25) is 4.79 Å². The summed E-state index contributed by atoms with van der Waals surface area (Å²) >= 11 is 9.32. The molecule has 2 aromatic carbocycles. The number of benzene rings is 2. The summed E-state index contributed by atoms with van der Waals surface area (Å²) in [6, 6.07) is 11.4. The highest BCUT2D eigenvalue weighted by molar-refractivity contribution is 9.10. The topological polar surface area (TPSA) is 92.2 Å². The molecule has 0 spiro atoms. The van der Waals surface area contributed by atoms with Crippen LogP contribution in [0.5, 0.6) is 0 Å². The van der Waals surface area contributed by atoms with Gasteiger partial charge in [0.15, 0.2) is 0 Å². The van der Waals surface area contributed by atoms with Crippen LogP contribution < -0.4 is 10.6 Å². The fourth-order valence-corrected chi connectivity index (χ4v) is 5.22. The van der Waals surface area contributed by atoms with E-state index < -0.39 is 6.03 Å². The molecule has 3 aromatic rings. The Morgan fingerprint density at radius 3 is 2.76 bits per heavy atom. The fraction of sp³-hybridized carbons (Fsp3) is 0.407. The summed E-state index contributed by atoms with van der Waals surface area (Å²) in [6.45, 7) is 6.84. The first-order chi connectivity index (χ1) is 18.0. The summed E-state index contributed by atoms with van der Waals surface area (Å²) < 4.78 is 15.8. The number of halogens is 3. The van der Waals surface area contributed by atoms with Gasteiger partial charge in [-0.1, -0.05) is 41.9 Å². The van der Waals surface area contributed by atoms with Gasteiger partial charge >= 0.3 is 6.03 Å². The standard InChI is InChI=1S/C27H31BrClFN6O2/c1-17(18-8-9-23(30)21(28)13-18)12-25(37)35-16-20(10-11-27(35,2)3)36-15-19(33-34-36)14-31-26(38)32-24-7-5-4-6-22(24)29/h4-9,13,15,17,20H,10-12,14,16H2,1-3H3,(H2,31,32,38). The third-order valence-electron chi connectivity index (χ3n) is 6.99. The molecule has 8 nitrogen and oxygen atoms in total. The van der Waals surface area contributed by atoms with E-state index in [1.54, 1.807) is 47.3 Å². The number of anilines is 1. The molecule has 1 aliphatic rings. The minimum absolute atomic E-state index is 0.0274. The summed E-state index contributed by atoms with van der Waals surface area (Å²) in [6.07, 6.45) is 3.79. The number of piperidine rings is 1. The summed E-state index contributed by atoms with van der Waals surface area (Å²) in [5, 5.41) is 14.4. The number of hydrogen-bond donors (Lipinski definition) is 2. The zero-order valence-electron chi connectivity index (χ0n) is 21.5. The number of carbonyl (C=O) groups excluding carboxylic acids is 2. The van der Waals surface area contributed by atoms with Crippen LogP contribution in [0.4, 0.5) is 14.9 Å². The number of nitrogens with one attached hydrogen (secondary N) is 2. The molecule has 2 atom stereocenters. The quantitative estimate of drug-likeness (QED) is 0.331. The van der Waals surface area contributed by atoms with E-state index in [0.717, 1.165) is 18.4 Å². The summed E-state index contributed by atoms with van der Waals surface area (Å²) in [5.41, 5.74) is 1.74. The Morgan fingerprint density at radius 1 is 1.26 bits per heavy atom. The normalized spacial score (nSPS) is 17.6. The van der Waals surface area contributed by atoms with Gasteiger partial charge < -0.3 is 15.5 Å². The zero-order valence-corrected chi connectivity index (χ0v) is 23.9. The molecule has 1 saturated heterocycles. The van der Waals surface area contributed by atoms with Crippen LogP contribution in [0.3, 0.4) is 0 Å². The molecule has 2 heterocycles.